The number of hydrogen-bond acceptors (Lipinski definition) is 18. The van der Waals surface area contributed by atoms with Gasteiger partial charge in [-0.3, -0.25) is 0 Å². The summed E-state index contributed by atoms with van der Waals surface area (Å²) in [6.45, 7) is 0. The van der Waals surface area contributed by atoms with Crippen LogP contribution in [0.1, 0.15) is 0 Å². The van der Waals surface area contributed by atoms with E-state index in [1.54, 1.807) is 0 Å². The van der Waals surface area contributed by atoms with Crippen LogP contribution in [0.2, 0.25) is 0 Å². The monoisotopic (exact) mass is 908 g/mol. The molecule has 36 nitrogen and oxygen atoms in total. The zero-order valence-electron chi connectivity index (χ0n) is 24.8. The van der Waals surface area contributed by atoms with Gasteiger partial charge in [-0.2, -0.15) is 0 Å². The fraction of sp³-hybridized carbons (Fsp3) is 0. The van der Waals surface area contributed by atoms with Crippen molar-refractivity contribution in [3.05, 3.63) is 0 Å². The third kappa shape index (κ3) is 114. The van der Waals surface area contributed by atoms with Crippen LogP contribution in [-0.4, -0.2) is 199 Å². The van der Waals surface area contributed by atoms with E-state index in [9.17, 15) is 0 Å². The zero-order valence-corrected chi connectivity index (χ0v) is 26.8. The summed E-state index contributed by atoms with van der Waals surface area (Å²) in [5, 5.41) is 133. The predicted molar refractivity (Wildman–Crippen MR) is 137 cm³/mol. The molecule has 0 spiro atoms. The second kappa shape index (κ2) is 43.2. The maximum Gasteiger partial charge on any atom is 0.414 e. The molecule has 0 aromatic heterocycles. The minimum atomic E-state index is -1.82. The Hall–Kier alpha value is -8.85. The number of carboxylic acids is 18. The van der Waals surface area contributed by atoms with Crippen LogP contribution in [0.4, 0.5) is 0 Å². The summed E-state index contributed by atoms with van der Waals surface area (Å²) in [6, 6.07) is 0. The zero-order chi connectivity index (χ0) is 46.4. The summed E-state index contributed by atoms with van der Waals surface area (Å²) in [5.74, 6) is -32.8. The number of carbonyl (C=O) groups is 18. The second-order valence-electron chi connectivity index (χ2n) is 5.49. The van der Waals surface area contributed by atoms with Gasteiger partial charge in [0, 0.05) is 21.1 Å². The Morgan fingerprint density at radius 3 is 0.145 bits per heavy atom. The van der Waals surface area contributed by atoms with Crippen LogP contribution in [0.15, 0.2) is 0 Å². The van der Waals surface area contributed by atoms with Gasteiger partial charge in [0.1, 0.15) is 0 Å². The second-order valence-corrected chi connectivity index (χ2v) is 5.49. The molecule has 0 aliphatic rings. The van der Waals surface area contributed by atoms with Crippen molar-refractivity contribution in [1.29, 1.82) is 0 Å². The minimum absolute atomic E-state index is 0. The molecule has 0 aromatic carbocycles. The Labute approximate surface area is 307 Å². The van der Waals surface area contributed by atoms with Crippen molar-refractivity contribution in [2.24, 2.45) is 0 Å². The maximum absolute atomic E-state index is 9.10. The minimum Gasteiger partial charge on any atom is -0.473 e. The van der Waals surface area contributed by atoms with Gasteiger partial charge in [0.05, 0.1) is 0 Å². The molecular formula is C18H18MoO36. The Balaban J connectivity index is -0.0000000517. The molecule has 0 fully saturated rings. The van der Waals surface area contributed by atoms with Crippen LogP contribution >= 0.6 is 0 Å². The third-order valence-electron chi connectivity index (χ3n) is 1.65. The van der Waals surface area contributed by atoms with E-state index in [4.69, 9.17) is 178 Å². The molecule has 0 radical (unpaired) electrons. The Bertz CT molecular complexity index is 994. The fourth-order valence-electron chi connectivity index (χ4n) is 0. The molecule has 0 amide bonds. The predicted octanol–water partition coefficient (Wildman–Crippen LogP) is -7.60. The van der Waals surface area contributed by atoms with Gasteiger partial charge in [0.2, 0.25) is 0 Å². The normalized spacial score (nSPS) is 7.20. The molecule has 0 rings (SSSR count). The van der Waals surface area contributed by atoms with E-state index in [0.717, 1.165) is 0 Å². The van der Waals surface area contributed by atoms with Gasteiger partial charge >= 0.3 is 107 Å². The summed E-state index contributed by atoms with van der Waals surface area (Å²) >= 11 is 0. The SMILES string of the molecule is O=C(O)C(=O)O.O=C(O)C(=O)O.O=C(O)C(=O)O.O=C(O)C(=O)O.O=C(O)C(=O)O.O=C(O)C(=O)O.O=C(O)C(=O)O.O=C(O)C(=O)O.O=C(O)C(=O)O.[Mo]. The maximum atomic E-state index is 9.10. The van der Waals surface area contributed by atoms with Gasteiger partial charge in [0.25, 0.3) is 0 Å². The van der Waals surface area contributed by atoms with Gasteiger partial charge < -0.3 is 91.9 Å². The average molecular weight is 906 g/mol. The van der Waals surface area contributed by atoms with E-state index in [1.165, 1.54) is 0 Å². The van der Waals surface area contributed by atoms with E-state index >= 15 is 0 Å². The fourth-order valence-corrected chi connectivity index (χ4v) is 0. The Kier molecular flexibility index (Phi) is 56.5. The Morgan fingerprint density at radius 2 is 0.145 bits per heavy atom. The van der Waals surface area contributed by atoms with Crippen molar-refractivity contribution in [2.75, 3.05) is 0 Å². The standard InChI is InChI=1S/9C2H2O4.Mo/c9*3-1(4)2(5)6;/h9*(H,3,4)(H,5,6);. The summed E-state index contributed by atoms with van der Waals surface area (Å²) in [7, 11) is 0. The van der Waals surface area contributed by atoms with E-state index in [1.807, 2.05) is 0 Å². The first kappa shape index (κ1) is 72.0. The molecule has 0 atom stereocenters. The quantitative estimate of drug-likeness (QED) is 0.0793. The molecule has 0 unspecified atom stereocenters. The molecule has 55 heavy (non-hydrogen) atoms. The first-order chi connectivity index (χ1) is 23.8. The van der Waals surface area contributed by atoms with Crippen LogP contribution in [-0.2, 0) is 107 Å². The van der Waals surface area contributed by atoms with Crippen LogP contribution in [0, 0.1) is 0 Å². The molecule has 37 heteroatoms. The number of rotatable bonds is 0. The number of aliphatic carboxylic acids is 18. The summed E-state index contributed by atoms with van der Waals surface area (Å²) < 4.78 is 0. The van der Waals surface area contributed by atoms with Crippen molar-refractivity contribution in [3.63, 3.8) is 0 Å². The van der Waals surface area contributed by atoms with Gasteiger partial charge in [-0.15, -0.1) is 0 Å². The van der Waals surface area contributed by atoms with Crippen molar-refractivity contribution in [2.45, 2.75) is 0 Å². The van der Waals surface area contributed by atoms with Crippen LogP contribution < -0.4 is 0 Å². The van der Waals surface area contributed by atoms with Crippen LogP contribution in [0.25, 0.3) is 0 Å². The smallest absolute Gasteiger partial charge is 0.414 e. The molecule has 0 saturated carbocycles. The first-order valence-corrected chi connectivity index (χ1v) is 9.95. The molecule has 18 N–H and O–H groups in total. The molecule has 0 aromatic rings. The third-order valence-corrected chi connectivity index (χ3v) is 1.65. The first-order valence-electron chi connectivity index (χ1n) is 9.95. The molecule has 312 valence electrons. The van der Waals surface area contributed by atoms with E-state index in [0.29, 0.717) is 0 Å². The topological polar surface area (TPSA) is 671 Å². The van der Waals surface area contributed by atoms with Crippen LogP contribution in [0.5, 0.6) is 0 Å². The van der Waals surface area contributed by atoms with Crippen molar-refractivity contribution < 1.29 is 199 Å². The largest absolute Gasteiger partial charge is 0.473 e. The molecule has 0 saturated heterocycles. The van der Waals surface area contributed by atoms with E-state index in [-0.39, 0.29) is 21.1 Å². The van der Waals surface area contributed by atoms with Crippen LogP contribution in [0.3, 0.4) is 0 Å². The van der Waals surface area contributed by atoms with Gasteiger partial charge in [-0.25, -0.2) is 86.3 Å². The number of carboxylic acid groups (broad SMARTS) is 18. The van der Waals surface area contributed by atoms with Crippen molar-refractivity contribution in [3.8, 4) is 0 Å². The average Bonchev–Trinajstić information content (AvgIpc) is 2.99. The van der Waals surface area contributed by atoms with E-state index < -0.39 is 107 Å². The summed E-state index contributed by atoms with van der Waals surface area (Å²) in [4.78, 5) is 164. The number of hydrogen-bond donors (Lipinski definition) is 18. The summed E-state index contributed by atoms with van der Waals surface area (Å²) in [5.41, 5.74) is 0. The van der Waals surface area contributed by atoms with Gasteiger partial charge in [-0.05, 0) is 0 Å². The van der Waals surface area contributed by atoms with E-state index in [2.05, 4.69) is 0 Å². The molecule has 0 aliphatic carbocycles. The van der Waals surface area contributed by atoms with Crippen molar-refractivity contribution >= 4 is 107 Å². The van der Waals surface area contributed by atoms with Gasteiger partial charge in [0.15, 0.2) is 0 Å². The molecule has 0 heterocycles. The summed E-state index contributed by atoms with van der Waals surface area (Å²) in [6.07, 6.45) is 0. The Morgan fingerprint density at radius 1 is 0.127 bits per heavy atom. The molecular weight excluding hydrogens is 888 g/mol. The molecule has 0 aliphatic heterocycles. The van der Waals surface area contributed by atoms with Crippen molar-refractivity contribution in [1.82, 2.24) is 0 Å². The molecule has 0 bridgehead atoms. The van der Waals surface area contributed by atoms with Gasteiger partial charge in [-0.1, -0.05) is 0 Å².